The van der Waals surface area contributed by atoms with Crippen molar-refractivity contribution in [2.45, 2.75) is 25.2 Å². The SMILES string of the molecule is CNC1C(=O)Nc2cc(OC(C)C(F)(F)F)c(Cl)cc21. The minimum atomic E-state index is -4.49. The Bertz CT molecular complexity index is 548. The van der Waals surface area contributed by atoms with Gasteiger partial charge in [0.05, 0.1) is 5.02 Å². The Labute approximate surface area is 118 Å². The second-order valence-corrected chi connectivity index (χ2v) is 4.79. The van der Waals surface area contributed by atoms with Gasteiger partial charge in [0.2, 0.25) is 5.91 Å². The molecule has 0 saturated heterocycles. The normalized spacial score (nSPS) is 19.5. The van der Waals surface area contributed by atoms with Crippen LogP contribution in [0.5, 0.6) is 5.75 Å². The summed E-state index contributed by atoms with van der Waals surface area (Å²) in [7, 11) is 1.60. The van der Waals surface area contributed by atoms with E-state index in [1.807, 2.05) is 0 Å². The molecule has 110 valence electrons. The fourth-order valence-corrected chi connectivity index (χ4v) is 2.11. The number of fused-ring (bicyclic) bond motifs is 1. The first-order valence-corrected chi connectivity index (χ1v) is 6.16. The highest BCUT2D eigenvalue weighted by atomic mass is 35.5. The number of carbonyl (C=O) groups is 1. The summed E-state index contributed by atoms with van der Waals surface area (Å²) in [6.45, 7) is 0.887. The first-order chi connectivity index (χ1) is 9.24. The zero-order valence-corrected chi connectivity index (χ0v) is 11.4. The Balaban J connectivity index is 2.31. The van der Waals surface area contributed by atoms with Crippen molar-refractivity contribution >= 4 is 23.2 Å². The summed E-state index contributed by atoms with van der Waals surface area (Å²) in [6.07, 6.45) is -6.48. The molecule has 0 aromatic heterocycles. The van der Waals surface area contributed by atoms with Crippen LogP contribution >= 0.6 is 11.6 Å². The molecule has 0 spiro atoms. The summed E-state index contributed by atoms with van der Waals surface area (Å²) in [4.78, 5) is 11.6. The fraction of sp³-hybridized carbons (Fsp3) is 0.417. The van der Waals surface area contributed by atoms with Crippen LogP contribution < -0.4 is 15.4 Å². The van der Waals surface area contributed by atoms with Crippen molar-refractivity contribution in [3.8, 4) is 5.75 Å². The molecule has 0 aliphatic carbocycles. The van der Waals surface area contributed by atoms with Crippen molar-refractivity contribution in [3.63, 3.8) is 0 Å². The van der Waals surface area contributed by atoms with Crippen LogP contribution in [0.1, 0.15) is 18.5 Å². The molecule has 0 bridgehead atoms. The van der Waals surface area contributed by atoms with Gasteiger partial charge in [-0.2, -0.15) is 13.2 Å². The minimum absolute atomic E-state index is 0.0246. The monoisotopic (exact) mass is 308 g/mol. The lowest BCUT2D eigenvalue weighted by Gasteiger charge is -2.19. The second-order valence-electron chi connectivity index (χ2n) is 4.38. The van der Waals surface area contributed by atoms with Gasteiger partial charge in [0, 0.05) is 17.3 Å². The third kappa shape index (κ3) is 2.69. The number of ether oxygens (including phenoxy) is 1. The number of hydrogen-bond donors (Lipinski definition) is 2. The molecule has 0 radical (unpaired) electrons. The molecule has 2 atom stereocenters. The van der Waals surface area contributed by atoms with E-state index in [-0.39, 0.29) is 16.7 Å². The van der Waals surface area contributed by atoms with Gasteiger partial charge in [-0.1, -0.05) is 11.6 Å². The highest BCUT2D eigenvalue weighted by molar-refractivity contribution is 6.32. The maximum absolute atomic E-state index is 12.5. The number of halogens is 4. The molecule has 1 aromatic carbocycles. The maximum atomic E-state index is 12.5. The average molecular weight is 309 g/mol. The molecule has 0 saturated carbocycles. The van der Waals surface area contributed by atoms with E-state index in [0.29, 0.717) is 11.3 Å². The van der Waals surface area contributed by atoms with Gasteiger partial charge in [0.25, 0.3) is 0 Å². The lowest BCUT2D eigenvalue weighted by molar-refractivity contribution is -0.189. The molecule has 2 N–H and O–H groups in total. The van der Waals surface area contributed by atoms with Crippen LogP contribution in [0.15, 0.2) is 12.1 Å². The van der Waals surface area contributed by atoms with Crippen LogP contribution in [-0.2, 0) is 4.79 Å². The number of likely N-dealkylation sites (N-methyl/N-ethyl adjacent to an activating group) is 1. The number of amides is 1. The van der Waals surface area contributed by atoms with E-state index in [4.69, 9.17) is 16.3 Å². The molecule has 0 fully saturated rings. The van der Waals surface area contributed by atoms with E-state index in [1.165, 1.54) is 12.1 Å². The van der Waals surface area contributed by atoms with Crippen molar-refractivity contribution in [2.24, 2.45) is 0 Å². The summed E-state index contributed by atoms with van der Waals surface area (Å²) < 4.78 is 42.2. The molecule has 1 heterocycles. The van der Waals surface area contributed by atoms with E-state index >= 15 is 0 Å². The third-order valence-electron chi connectivity index (χ3n) is 2.99. The summed E-state index contributed by atoms with van der Waals surface area (Å²) in [5, 5.41) is 5.37. The molecule has 1 aliphatic heterocycles. The molecule has 2 rings (SSSR count). The van der Waals surface area contributed by atoms with Gasteiger partial charge in [-0.15, -0.1) is 0 Å². The minimum Gasteiger partial charge on any atom is -0.480 e. The van der Waals surface area contributed by atoms with Gasteiger partial charge in [-0.3, -0.25) is 4.79 Å². The number of benzene rings is 1. The predicted molar refractivity (Wildman–Crippen MR) is 68.0 cm³/mol. The summed E-state index contributed by atoms with van der Waals surface area (Å²) >= 11 is 5.91. The van der Waals surface area contributed by atoms with Crippen LogP contribution in [0.4, 0.5) is 18.9 Å². The number of alkyl halides is 3. The summed E-state index contributed by atoms with van der Waals surface area (Å²) in [5.74, 6) is -0.410. The summed E-state index contributed by atoms with van der Waals surface area (Å²) in [6, 6.07) is 2.15. The molecule has 4 nitrogen and oxygen atoms in total. The molecule has 1 aliphatic rings. The molecule has 2 unspecified atom stereocenters. The topological polar surface area (TPSA) is 50.4 Å². The van der Waals surface area contributed by atoms with Crippen molar-refractivity contribution in [1.29, 1.82) is 0 Å². The number of carbonyl (C=O) groups excluding carboxylic acids is 1. The lowest BCUT2D eigenvalue weighted by atomic mass is 10.1. The fourth-order valence-electron chi connectivity index (χ4n) is 1.90. The lowest BCUT2D eigenvalue weighted by Crippen LogP contribution is -2.31. The van der Waals surface area contributed by atoms with E-state index in [0.717, 1.165) is 6.92 Å². The molecule has 8 heteroatoms. The Kier molecular flexibility index (Phi) is 3.84. The first-order valence-electron chi connectivity index (χ1n) is 5.79. The zero-order chi connectivity index (χ0) is 15.1. The first kappa shape index (κ1) is 14.9. The van der Waals surface area contributed by atoms with Gasteiger partial charge in [0.1, 0.15) is 11.8 Å². The van der Waals surface area contributed by atoms with Crippen LogP contribution in [0, 0.1) is 0 Å². The molecule has 1 amide bonds. The zero-order valence-electron chi connectivity index (χ0n) is 10.6. The average Bonchev–Trinajstić information content (AvgIpc) is 2.63. The number of nitrogens with one attached hydrogen (secondary N) is 2. The molecule has 1 aromatic rings. The van der Waals surface area contributed by atoms with E-state index in [1.54, 1.807) is 7.05 Å². The van der Waals surface area contributed by atoms with Crippen molar-refractivity contribution in [2.75, 3.05) is 12.4 Å². The van der Waals surface area contributed by atoms with Crippen molar-refractivity contribution < 1.29 is 22.7 Å². The van der Waals surface area contributed by atoms with Crippen LogP contribution in [0.3, 0.4) is 0 Å². The Hall–Kier alpha value is -1.47. The van der Waals surface area contributed by atoms with Gasteiger partial charge in [-0.25, -0.2) is 0 Å². The maximum Gasteiger partial charge on any atom is 0.425 e. The largest absolute Gasteiger partial charge is 0.480 e. The van der Waals surface area contributed by atoms with Gasteiger partial charge in [-0.05, 0) is 20.0 Å². The van der Waals surface area contributed by atoms with Crippen LogP contribution in [0.25, 0.3) is 0 Å². The summed E-state index contributed by atoms with van der Waals surface area (Å²) in [5.41, 5.74) is 0.970. The highest BCUT2D eigenvalue weighted by Gasteiger charge is 2.39. The number of rotatable bonds is 3. The van der Waals surface area contributed by atoms with E-state index in [2.05, 4.69) is 10.6 Å². The second kappa shape index (κ2) is 5.14. The van der Waals surface area contributed by atoms with Crippen molar-refractivity contribution in [1.82, 2.24) is 5.32 Å². The predicted octanol–water partition coefficient (Wildman–Crippen LogP) is 2.88. The standard InChI is InChI=1S/C12H12ClF3N2O2/c1-5(12(14,15)16)20-9-4-8-6(3-7(9)13)10(17-2)11(19)18-8/h3-5,10,17H,1-2H3,(H,18,19). The van der Waals surface area contributed by atoms with E-state index in [9.17, 15) is 18.0 Å². The molecular weight excluding hydrogens is 297 g/mol. The number of anilines is 1. The molecule has 20 heavy (non-hydrogen) atoms. The van der Waals surface area contributed by atoms with Gasteiger partial charge >= 0.3 is 6.18 Å². The Morgan fingerprint density at radius 2 is 2.10 bits per heavy atom. The Morgan fingerprint density at radius 1 is 1.45 bits per heavy atom. The Morgan fingerprint density at radius 3 is 2.65 bits per heavy atom. The van der Waals surface area contributed by atoms with Crippen LogP contribution in [0.2, 0.25) is 5.02 Å². The third-order valence-corrected chi connectivity index (χ3v) is 3.28. The van der Waals surface area contributed by atoms with Crippen molar-refractivity contribution in [3.05, 3.63) is 22.7 Å². The van der Waals surface area contributed by atoms with Gasteiger partial charge in [0.15, 0.2) is 6.10 Å². The quantitative estimate of drug-likeness (QED) is 0.903. The molecular formula is C12H12ClF3N2O2. The smallest absolute Gasteiger partial charge is 0.425 e. The van der Waals surface area contributed by atoms with Crippen LogP contribution in [-0.4, -0.2) is 25.2 Å². The number of hydrogen-bond acceptors (Lipinski definition) is 3. The highest BCUT2D eigenvalue weighted by Crippen LogP contribution is 2.39. The van der Waals surface area contributed by atoms with E-state index < -0.39 is 18.3 Å². The van der Waals surface area contributed by atoms with Gasteiger partial charge < -0.3 is 15.4 Å².